The Morgan fingerprint density at radius 3 is 2.67 bits per heavy atom. The third-order valence-electron chi connectivity index (χ3n) is 2.00. The highest BCUT2D eigenvalue weighted by atomic mass is 16.4. The Morgan fingerprint density at radius 2 is 2.25 bits per heavy atom. The minimum atomic E-state index is 0.264. The molecule has 0 aromatic rings. The summed E-state index contributed by atoms with van der Waals surface area (Å²) in [5, 5.41) is 11.3. The topological polar surface area (TPSA) is 61.8 Å². The summed E-state index contributed by atoms with van der Waals surface area (Å²) in [5.41, 5.74) is 5.37. The number of oxime groups is 1. The van der Waals surface area contributed by atoms with Crippen LogP contribution in [0.5, 0.6) is 0 Å². The maximum absolute atomic E-state index is 8.33. The van der Waals surface area contributed by atoms with Crippen LogP contribution in [0.2, 0.25) is 0 Å². The third kappa shape index (κ3) is 4.18. The fourth-order valence-corrected chi connectivity index (χ4v) is 1.08. The van der Waals surface area contributed by atoms with Gasteiger partial charge >= 0.3 is 0 Å². The van der Waals surface area contributed by atoms with Crippen LogP contribution in [0.1, 0.15) is 26.7 Å². The van der Waals surface area contributed by atoms with Gasteiger partial charge in [0, 0.05) is 6.04 Å². The van der Waals surface area contributed by atoms with E-state index in [4.69, 9.17) is 10.9 Å². The van der Waals surface area contributed by atoms with E-state index in [1.165, 1.54) is 0 Å². The van der Waals surface area contributed by atoms with E-state index in [-0.39, 0.29) is 5.84 Å². The zero-order valence-corrected chi connectivity index (χ0v) is 8.12. The summed E-state index contributed by atoms with van der Waals surface area (Å²) < 4.78 is 0. The van der Waals surface area contributed by atoms with E-state index < -0.39 is 0 Å². The molecule has 3 N–H and O–H groups in total. The van der Waals surface area contributed by atoms with Crippen molar-refractivity contribution in [2.45, 2.75) is 32.7 Å². The van der Waals surface area contributed by atoms with Crippen molar-refractivity contribution in [2.75, 3.05) is 13.6 Å². The van der Waals surface area contributed by atoms with E-state index in [1.807, 2.05) is 7.05 Å². The van der Waals surface area contributed by atoms with E-state index >= 15 is 0 Å². The Labute approximate surface area is 74.0 Å². The molecular formula is C8H19N3O. The zero-order valence-electron chi connectivity index (χ0n) is 8.12. The second kappa shape index (κ2) is 5.83. The van der Waals surface area contributed by atoms with Crippen molar-refractivity contribution in [3.63, 3.8) is 0 Å². The molecule has 0 fully saturated rings. The molecule has 0 aliphatic carbocycles. The second-order valence-corrected chi connectivity index (χ2v) is 3.14. The van der Waals surface area contributed by atoms with Crippen molar-refractivity contribution in [3.8, 4) is 0 Å². The maximum atomic E-state index is 8.33. The Morgan fingerprint density at radius 1 is 1.67 bits per heavy atom. The molecule has 0 aromatic heterocycles. The van der Waals surface area contributed by atoms with Gasteiger partial charge in [0.2, 0.25) is 0 Å². The summed E-state index contributed by atoms with van der Waals surface area (Å²) >= 11 is 0. The van der Waals surface area contributed by atoms with Gasteiger partial charge in [-0.15, -0.1) is 0 Å². The molecule has 4 heteroatoms. The molecule has 0 heterocycles. The van der Waals surface area contributed by atoms with Crippen LogP contribution in [0.4, 0.5) is 0 Å². The SMILES string of the molecule is CCCC(C)N(C)C/C(N)=N/O. The molecule has 0 aliphatic rings. The van der Waals surface area contributed by atoms with Gasteiger partial charge in [-0.05, 0) is 20.4 Å². The van der Waals surface area contributed by atoms with Crippen LogP contribution in [0.25, 0.3) is 0 Å². The van der Waals surface area contributed by atoms with Gasteiger partial charge in [-0.3, -0.25) is 4.90 Å². The number of hydrogen-bond donors (Lipinski definition) is 2. The molecule has 12 heavy (non-hydrogen) atoms. The van der Waals surface area contributed by atoms with Gasteiger partial charge in [0.05, 0.1) is 6.54 Å². The van der Waals surface area contributed by atoms with Crippen molar-refractivity contribution < 1.29 is 5.21 Å². The van der Waals surface area contributed by atoms with E-state index in [2.05, 4.69) is 23.9 Å². The first kappa shape index (κ1) is 11.2. The molecule has 72 valence electrons. The molecule has 0 radical (unpaired) electrons. The zero-order chi connectivity index (χ0) is 9.56. The number of rotatable bonds is 5. The van der Waals surface area contributed by atoms with Crippen molar-refractivity contribution in [1.82, 2.24) is 4.90 Å². The Balaban J connectivity index is 3.77. The first-order valence-corrected chi connectivity index (χ1v) is 4.28. The molecule has 1 atom stereocenters. The van der Waals surface area contributed by atoms with Crippen LogP contribution in [0, 0.1) is 0 Å². The number of nitrogens with two attached hydrogens (primary N) is 1. The second-order valence-electron chi connectivity index (χ2n) is 3.14. The summed E-state index contributed by atoms with van der Waals surface area (Å²) in [6, 6.07) is 0.482. The lowest BCUT2D eigenvalue weighted by Crippen LogP contribution is -2.36. The molecule has 0 rings (SSSR count). The predicted molar refractivity (Wildman–Crippen MR) is 50.4 cm³/mol. The van der Waals surface area contributed by atoms with Crippen LogP contribution in [-0.2, 0) is 0 Å². The van der Waals surface area contributed by atoms with Crippen LogP contribution < -0.4 is 5.73 Å². The van der Waals surface area contributed by atoms with Gasteiger partial charge in [0.25, 0.3) is 0 Å². The van der Waals surface area contributed by atoms with Crippen molar-refractivity contribution in [3.05, 3.63) is 0 Å². The Hall–Kier alpha value is -0.770. The average molecular weight is 173 g/mol. The maximum Gasteiger partial charge on any atom is 0.153 e. The monoisotopic (exact) mass is 173 g/mol. The predicted octanol–water partition coefficient (Wildman–Crippen LogP) is 0.853. The van der Waals surface area contributed by atoms with Crippen LogP contribution >= 0.6 is 0 Å². The fourth-order valence-electron chi connectivity index (χ4n) is 1.08. The van der Waals surface area contributed by atoms with Crippen LogP contribution in [-0.4, -0.2) is 35.6 Å². The summed E-state index contributed by atoms with van der Waals surface area (Å²) in [4.78, 5) is 2.07. The summed E-state index contributed by atoms with van der Waals surface area (Å²) in [5.74, 6) is 0.264. The first-order valence-electron chi connectivity index (χ1n) is 4.28. The molecule has 0 saturated carbocycles. The minimum Gasteiger partial charge on any atom is -0.409 e. The smallest absolute Gasteiger partial charge is 0.153 e. The van der Waals surface area contributed by atoms with Gasteiger partial charge in [-0.25, -0.2) is 0 Å². The lowest BCUT2D eigenvalue weighted by molar-refractivity contribution is 0.267. The van der Waals surface area contributed by atoms with Gasteiger partial charge < -0.3 is 10.9 Å². The summed E-state index contributed by atoms with van der Waals surface area (Å²) in [6.45, 7) is 4.81. The van der Waals surface area contributed by atoms with Crippen molar-refractivity contribution in [2.24, 2.45) is 10.9 Å². The molecular weight excluding hydrogens is 154 g/mol. The van der Waals surface area contributed by atoms with E-state index in [9.17, 15) is 0 Å². The van der Waals surface area contributed by atoms with Gasteiger partial charge in [0.1, 0.15) is 0 Å². The average Bonchev–Trinajstić information content (AvgIpc) is 2.04. The highest BCUT2D eigenvalue weighted by Gasteiger charge is 2.08. The van der Waals surface area contributed by atoms with Crippen molar-refractivity contribution >= 4 is 5.84 Å². The first-order chi connectivity index (χ1) is 5.61. The normalized spacial score (nSPS) is 15.2. The van der Waals surface area contributed by atoms with Gasteiger partial charge in [0.15, 0.2) is 5.84 Å². The highest BCUT2D eigenvalue weighted by molar-refractivity contribution is 5.81. The van der Waals surface area contributed by atoms with Crippen molar-refractivity contribution in [1.29, 1.82) is 0 Å². The highest BCUT2D eigenvalue weighted by Crippen LogP contribution is 2.02. The van der Waals surface area contributed by atoms with Crippen LogP contribution in [0.15, 0.2) is 5.16 Å². The Kier molecular flexibility index (Phi) is 5.45. The summed E-state index contributed by atoms with van der Waals surface area (Å²) in [6.07, 6.45) is 2.29. The molecule has 0 amide bonds. The molecule has 4 nitrogen and oxygen atoms in total. The lowest BCUT2D eigenvalue weighted by atomic mass is 10.2. The third-order valence-corrected chi connectivity index (χ3v) is 2.00. The molecule has 0 saturated heterocycles. The lowest BCUT2D eigenvalue weighted by Gasteiger charge is -2.23. The molecule has 0 aliphatic heterocycles. The minimum absolute atomic E-state index is 0.264. The number of nitrogens with zero attached hydrogens (tertiary/aromatic N) is 2. The van der Waals surface area contributed by atoms with E-state index in [1.54, 1.807) is 0 Å². The standard InChI is InChI=1S/C8H19N3O/c1-4-5-7(2)11(3)6-8(9)10-12/h7,12H,4-6H2,1-3H3,(H2,9,10). The molecule has 0 bridgehead atoms. The van der Waals surface area contributed by atoms with Gasteiger partial charge in [-0.1, -0.05) is 18.5 Å². The number of likely N-dealkylation sites (N-methyl/N-ethyl adjacent to an activating group) is 1. The molecule has 1 unspecified atom stereocenters. The largest absolute Gasteiger partial charge is 0.409 e. The van der Waals surface area contributed by atoms with Gasteiger partial charge in [-0.2, -0.15) is 0 Å². The fraction of sp³-hybridized carbons (Fsp3) is 0.875. The van der Waals surface area contributed by atoms with E-state index in [0.29, 0.717) is 12.6 Å². The quantitative estimate of drug-likeness (QED) is 0.280. The van der Waals surface area contributed by atoms with Crippen LogP contribution in [0.3, 0.4) is 0 Å². The Bertz CT molecular complexity index is 147. The molecule has 0 aromatic carbocycles. The number of hydrogen-bond acceptors (Lipinski definition) is 3. The van der Waals surface area contributed by atoms with E-state index in [0.717, 1.165) is 12.8 Å². The molecule has 0 spiro atoms. The number of amidine groups is 1. The summed E-state index contributed by atoms with van der Waals surface area (Å²) in [7, 11) is 1.97.